The summed E-state index contributed by atoms with van der Waals surface area (Å²) in [5, 5.41) is 0. The second kappa shape index (κ2) is 3.76. The molecule has 92 valence electrons. The predicted octanol–water partition coefficient (Wildman–Crippen LogP) is -0.863. The lowest BCUT2D eigenvalue weighted by Crippen LogP contribution is -2.39. The summed E-state index contributed by atoms with van der Waals surface area (Å²) in [4.78, 5) is 38.0. The maximum Gasteiger partial charge on any atom is 0.332 e. The smallest absolute Gasteiger partial charge is 0.291 e. The summed E-state index contributed by atoms with van der Waals surface area (Å²) in [7, 11) is 3.04. The molecule has 0 spiro atoms. The first-order valence-electron chi connectivity index (χ1n) is 5.37. The molecule has 7 nitrogen and oxygen atoms in total. The first-order valence-corrected chi connectivity index (χ1v) is 5.37. The van der Waals surface area contributed by atoms with Gasteiger partial charge in [0.2, 0.25) is 0 Å². The summed E-state index contributed by atoms with van der Waals surface area (Å²) in [6.45, 7) is 2.23. The Morgan fingerprint density at radius 3 is 2.35 bits per heavy atom. The number of hydrogen-bond donors (Lipinski definition) is 1. The molecule has 0 aliphatic heterocycles. The Balaban J connectivity index is 3.07. The minimum absolute atomic E-state index is 0.227. The number of aromatic nitrogens is 4. The van der Waals surface area contributed by atoms with Crippen LogP contribution in [0.15, 0.2) is 14.4 Å². The van der Waals surface area contributed by atoms with Crippen LogP contribution in [-0.2, 0) is 20.6 Å². The van der Waals surface area contributed by atoms with Crippen molar-refractivity contribution in [2.45, 2.75) is 19.9 Å². The van der Waals surface area contributed by atoms with Gasteiger partial charge in [-0.15, -0.1) is 0 Å². The highest BCUT2D eigenvalue weighted by atomic mass is 16.2. The van der Waals surface area contributed by atoms with Gasteiger partial charge >= 0.3 is 11.4 Å². The van der Waals surface area contributed by atoms with E-state index in [1.54, 1.807) is 0 Å². The molecule has 0 aromatic carbocycles. The highest BCUT2D eigenvalue weighted by Crippen LogP contribution is 1.99. The molecule has 1 N–H and O–H groups in total. The van der Waals surface area contributed by atoms with Gasteiger partial charge in [-0.05, 0) is 6.42 Å². The molecule has 0 saturated heterocycles. The molecule has 0 amide bonds. The van der Waals surface area contributed by atoms with E-state index < -0.39 is 16.9 Å². The van der Waals surface area contributed by atoms with Crippen LogP contribution in [0.4, 0.5) is 0 Å². The number of nitrogens with one attached hydrogen (secondary N) is 1. The van der Waals surface area contributed by atoms with Gasteiger partial charge in [0.05, 0.1) is 0 Å². The topological polar surface area (TPSA) is 81.8 Å². The normalized spacial score (nSPS) is 11.2. The van der Waals surface area contributed by atoms with Crippen LogP contribution in [-0.4, -0.2) is 18.7 Å². The molecule has 2 heterocycles. The van der Waals surface area contributed by atoms with Crippen LogP contribution in [0.2, 0.25) is 0 Å². The van der Waals surface area contributed by atoms with Crippen molar-refractivity contribution in [3.8, 4) is 0 Å². The van der Waals surface area contributed by atoms with E-state index in [0.29, 0.717) is 13.0 Å². The van der Waals surface area contributed by atoms with Crippen LogP contribution in [0.25, 0.3) is 11.2 Å². The molecule has 0 unspecified atom stereocenters. The van der Waals surface area contributed by atoms with Gasteiger partial charge in [-0.25, -0.2) is 9.59 Å². The quantitative estimate of drug-likeness (QED) is 0.739. The van der Waals surface area contributed by atoms with E-state index in [9.17, 15) is 14.4 Å². The standard InChI is InChI=1S/C10H14N4O3/c1-4-5-14-8(15)6-7(13(3)10(14)17)11-9(16)12(6)2/h4-5H2,1-3H3,(H,11,16). The number of hydrogen-bond acceptors (Lipinski definition) is 3. The zero-order chi connectivity index (χ0) is 12.7. The van der Waals surface area contributed by atoms with E-state index in [2.05, 4.69) is 4.98 Å². The largest absolute Gasteiger partial charge is 0.332 e. The third-order valence-electron chi connectivity index (χ3n) is 2.84. The summed E-state index contributed by atoms with van der Waals surface area (Å²) in [5.41, 5.74) is -0.747. The molecule has 17 heavy (non-hydrogen) atoms. The molecule has 2 aromatic rings. The highest BCUT2D eigenvalue weighted by Gasteiger charge is 2.15. The Kier molecular flexibility index (Phi) is 2.53. The van der Waals surface area contributed by atoms with E-state index in [-0.39, 0.29) is 11.2 Å². The maximum atomic E-state index is 12.1. The second-order valence-corrected chi connectivity index (χ2v) is 3.98. The number of aryl methyl sites for hydroxylation is 2. The van der Waals surface area contributed by atoms with Crippen molar-refractivity contribution in [3.05, 3.63) is 31.3 Å². The zero-order valence-corrected chi connectivity index (χ0v) is 9.98. The molecule has 0 aliphatic carbocycles. The Labute approximate surface area is 95.9 Å². The summed E-state index contributed by atoms with van der Waals surface area (Å²) in [6, 6.07) is 0. The summed E-state index contributed by atoms with van der Waals surface area (Å²) in [5.74, 6) is 0. The lowest BCUT2D eigenvalue weighted by molar-refractivity contribution is 0.591. The van der Waals surface area contributed by atoms with Gasteiger partial charge in [-0.1, -0.05) is 6.92 Å². The van der Waals surface area contributed by atoms with Gasteiger partial charge in [-0.2, -0.15) is 0 Å². The second-order valence-electron chi connectivity index (χ2n) is 3.98. The van der Waals surface area contributed by atoms with Crippen molar-refractivity contribution in [2.24, 2.45) is 14.1 Å². The van der Waals surface area contributed by atoms with Crippen molar-refractivity contribution >= 4 is 11.2 Å². The van der Waals surface area contributed by atoms with Gasteiger partial charge < -0.3 is 0 Å². The minimum atomic E-state index is -0.425. The molecule has 0 radical (unpaired) electrons. The molecule has 0 bridgehead atoms. The fourth-order valence-electron chi connectivity index (χ4n) is 1.90. The Hall–Kier alpha value is -2.05. The molecule has 0 atom stereocenters. The summed E-state index contributed by atoms with van der Waals surface area (Å²) < 4.78 is 3.66. The molecular weight excluding hydrogens is 224 g/mol. The summed E-state index contributed by atoms with van der Waals surface area (Å²) in [6.07, 6.45) is 0.680. The van der Waals surface area contributed by atoms with E-state index in [1.807, 2.05) is 6.92 Å². The first kappa shape index (κ1) is 11.4. The van der Waals surface area contributed by atoms with Crippen LogP contribution in [0.5, 0.6) is 0 Å². The number of nitrogens with zero attached hydrogens (tertiary/aromatic N) is 3. The fraction of sp³-hybridized carbons (Fsp3) is 0.500. The SMILES string of the molecule is CCCn1c(=O)c2c([nH]c(=O)n2C)n(C)c1=O. The van der Waals surface area contributed by atoms with Gasteiger partial charge in [0.25, 0.3) is 5.56 Å². The van der Waals surface area contributed by atoms with E-state index in [0.717, 1.165) is 4.57 Å². The third-order valence-corrected chi connectivity index (χ3v) is 2.84. The van der Waals surface area contributed by atoms with E-state index >= 15 is 0 Å². The van der Waals surface area contributed by atoms with E-state index in [1.165, 1.54) is 23.2 Å². The fourth-order valence-corrected chi connectivity index (χ4v) is 1.90. The van der Waals surface area contributed by atoms with Crippen molar-refractivity contribution in [1.29, 1.82) is 0 Å². The molecular formula is C10H14N4O3. The minimum Gasteiger partial charge on any atom is -0.291 e. The monoisotopic (exact) mass is 238 g/mol. The van der Waals surface area contributed by atoms with Gasteiger partial charge in [0.15, 0.2) is 5.52 Å². The van der Waals surface area contributed by atoms with Crippen LogP contribution >= 0.6 is 0 Å². The van der Waals surface area contributed by atoms with Crippen LogP contribution in [0, 0.1) is 0 Å². The van der Waals surface area contributed by atoms with Crippen molar-refractivity contribution in [1.82, 2.24) is 18.7 Å². The molecule has 0 aliphatic rings. The average molecular weight is 238 g/mol. The van der Waals surface area contributed by atoms with Crippen molar-refractivity contribution in [2.75, 3.05) is 0 Å². The molecule has 2 aromatic heterocycles. The molecule has 0 fully saturated rings. The maximum absolute atomic E-state index is 12.1. The lowest BCUT2D eigenvalue weighted by atomic mass is 10.4. The third kappa shape index (κ3) is 1.46. The average Bonchev–Trinajstić information content (AvgIpc) is 2.59. The summed E-state index contributed by atoms with van der Waals surface area (Å²) >= 11 is 0. The van der Waals surface area contributed by atoms with Crippen LogP contribution in [0.3, 0.4) is 0 Å². The predicted molar refractivity (Wildman–Crippen MR) is 63.3 cm³/mol. The van der Waals surface area contributed by atoms with Gasteiger partial charge in [0, 0.05) is 20.6 Å². The lowest BCUT2D eigenvalue weighted by Gasteiger charge is -2.06. The van der Waals surface area contributed by atoms with E-state index in [4.69, 9.17) is 0 Å². The Morgan fingerprint density at radius 1 is 1.12 bits per heavy atom. The van der Waals surface area contributed by atoms with Gasteiger partial charge in [-0.3, -0.25) is 23.5 Å². The van der Waals surface area contributed by atoms with Crippen LogP contribution < -0.4 is 16.9 Å². The zero-order valence-electron chi connectivity index (χ0n) is 9.98. The molecule has 7 heteroatoms. The number of rotatable bonds is 2. The number of fused-ring (bicyclic) bond motifs is 1. The van der Waals surface area contributed by atoms with Crippen molar-refractivity contribution in [3.63, 3.8) is 0 Å². The Morgan fingerprint density at radius 2 is 1.76 bits per heavy atom. The first-order chi connectivity index (χ1) is 7.99. The molecule has 0 saturated carbocycles. The number of H-pyrrole nitrogens is 1. The Bertz CT molecular complexity index is 744. The van der Waals surface area contributed by atoms with Crippen molar-refractivity contribution < 1.29 is 0 Å². The highest BCUT2D eigenvalue weighted by molar-refractivity contribution is 5.69. The number of aromatic amines is 1. The molecule has 2 rings (SSSR count). The number of imidazole rings is 1. The van der Waals surface area contributed by atoms with Crippen LogP contribution in [0.1, 0.15) is 13.3 Å². The van der Waals surface area contributed by atoms with Gasteiger partial charge in [0.1, 0.15) is 5.65 Å².